The summed E-state index contributed by atoms with van der Waals surface area (Å²) in [7, 11) is 1.68. The molecule has 0 unspecified atom stereocenters. The zero-order chi connectivity index (χ0) is 16.5. The maximum Gasteiger partial charge on any atom is 0.252 e. The van der Waals surface area contributed by atoms with E-state index in [-0.39, 0.29) is 17.4 Å². The summed E-state index contributed by atoms with van der Waals surface area (Å²) in [5, 5.41) is 6.72. The van der Waals surface area contributed by atoms with Crippen LogP contribution in [0.2, 0.25) is 0 Å². The van der Waals surface area contributed by atoms with Crippen molar-refractivity contribution in [2.45, 2.75) is 30.7 Å². The Bertz CT molecular complexity index is 785. The molecule has 24 heavy (non-hydrogen) atoms. The second kappa shape index (κ2) is 6.28. The average molecular weight is 326 g/mol. The van der Waals surface area contributed by atoms with Crippen LogP contribution in [0.5, 0.6) is 5.75 Å². The first-order valence-corrected chi connectivity index (χ1v) is 8.45. The molecule has 2 aromatic rings. The lowest BCUT2D eigenvalue weighted by atomic mass is 9.86. The minimum absolute atomic E-state index is 0.0977. The Morgan fingerprint density at radius 3 is 2.83 bits per heavy atom. The third kappa shape index (κ3) is 3.14. The highest BCUT2D eigenvalue weighted by molar-refractivity contribution is 5.36. The second-order valence-corrected chi connectivity index (χ2v) is 6.59. The summed E-state index contributed by atoms with van der Waals surface area (Å²) in [4.78, 5) is 19.5. The minimum Gasteiger partial charge on any atom is -0.497 e. The molecule has 6 nitrogen and oxygen atoms in total. The molecule has 3 N–H and O–H groups in total. The van der Waals surface area contributed by atoms with Crippen molar-refractivity contribution in [3.63, 3.8) is 0 Å². The Hall–Kier alpha value is -2.34. The van der Waals surface area contributed by atoms with Crippen LogP contribution in [0, 0.1) is 0 Å². The molecule has 1 aromatic heterocycles. The predicted octanol–water partition coefficient (Wildman–Crippen LogP) is 1.82. The minimum atomic E-state index is -0.0977. The van der Waals surface area contributed by atoms with Crippen molar-refractivity contribution >= 4 is 5.95 Å². The Morgan fingerprint density at radius 2 is 2.04 bits per heavy atom. The SMILES string of the molecule is COc1cccc([C@@H]2CNC[C@H]2c2cc(=O)[nH]c(NC3CC3)n2)c1. The van der Waals surface area contributed by atoms with E-state index in [4.69, 9.17) is 4.74 Å². The van der Waals surface area contributed by atoms with E-state index in [9.17, 15) is 4.79 Å². The van der Waals surface area contributed by atoms with Crippen molar-refractivity contribution < 1.29 is 4.74 Å². The number of aromatic amines is 1. The second-order valence-electron chi connectivity index (χ2n) is 6.59. The van der Waals surface area contributed by atoms with Gasteiger partial charge in [0.05, 0.1) is 12.8 Å². The largest absolute Gasteiger partial charge is 0.497 e. The van der Waals surface area contributed by atoms with Gasteiger partial charge in [0, 0.05) is 37.0 Å². The molecule has 1 saturated carbocycles. The van der Waals surface area contributed by atoms with Crippen molar-refractivity contribution in [1.29, 1.82) is 0 Å². The molecule has 1 aliphatic heterocycles. The molecule has 2 fully saturated rings. The van der Waals surface area contributed by atoms with E-state index in [1.807, 2.05) is 12.1 Å². The molecule has 2 atom stereocenters. The van der Waals surface area contributed by atoms with E-state index in [2.05, 4.69) is 32.7 Å². The monoisotopic (exact) mass is 326 g/mol. The fourth-order valence-corrected chi connectivity index (χ4v) is 3.37. The highest BCUT2D eigenvalue weighted by Gasteiger charge is 2.32. The lowest BCUT2D eigenvalue weighted by molar-refractivity contribution is 0.413. The number of ether oxygens (including phenoxy) is 1. The molecular formula is C18H22N4O2. The Balaban J connectivity index is 1.64. The van der Waals surface area contributed by atoms with Crippen LogP contribution >= 0.6 is 0 Å². The number of hydrogen-bond acceptors (Lipinski definition) is 5. The normalized spacial score (nSPS) is 23.2. The number of rotatable bonds is 5. The zero-order valence-electron chi connectivity index (χ0n) is 13.7. The van der Waals surface area contributed by atoms with E-state index >= 15 is 0 Å². The molecule has 1 aliphatic carbocycles. The van der Waals surface area contributed by atoms with Gasteiger partial charge in [-0.25, -0.2) is 4.98 Å². The smallest absolute Gasteiger partial charge is 0.252 e. The topological polar surface area (TPSA) is 79.0 Å². The Morgan fingerprint density at radius 1 is 1.21 bits per heavy atom. The van der Waals surface area contributed by atoms with E-state index < -0.39 is 0 Å². The summed E-state index contributed by atoms with van der Waals surface area (Å²) >= 11 is 0. The lowest BCUT2D eigenvalue weighted by Crippen LogP contribution is -2.19. The number of methoxy groups -OCH3 is 1. The van der Waals surface area contributed by atoms with Crippen LogP contribution in [0.3, 0.4) is 0 Å². The molecule has 4 rings (SSSR count). The highest BCUT2D eigenvalue weighted by atomic mass is 16.5. The first-order valence-electron chi connectivity index (χ1n) is 8.45. The fourth-order valence-electron chi connectivity index (χ4n) is 3.37. The number of benzene rings is 1. The number of hydrogen-bond donors (Lipinski definition) is 3. The molecular weight excluding hydrogens is 304 g/mol. The molecule has 0 amide bonds. The van der Waals surface area contributed by atoms with Crippen LogP contribution in [0.4, 0.5) is 5.95 Å². The third-order valence-corrected chi connectivity index (χ3v) is 4.80. The third-order valence-electron chi connectivity index (χ3n) is 4.80. The first kappa shape index (κ1) is 15.2. The van der Waals surface area contributed by atoms with Crippen molar-refractivity contribution in [1.82, 2.24) is 15.3 Å². The van der Waals surface area contributed by atoms with Crippen molar-refractivity contribution in [2.75, 3.05) is 25.5 Å². The van der Waals surface area contributed by atoms with E-state index in [1.165, 1.54) is 5.56 Å². The van der Waals surface area contributed by atoms with Gasteiger partial charge in [-0.05, 0) is 30.5 Å². The molecule has 0 spiro atoms. The number of H-pyrrole nitrogens is 1. The van der Waals surface area contributed by atoms with Gasteiger partial charge in [-0.2, -0.15) is 0 Å². The summed E-state index contributed by atoms with van der Waals surface area (Å²) in [6.07, 6.45) is 2.29. The van der Waals surface area contributed by atoms with Gasteiger partial charge >= 0.3 is 0 Å². The molecule has 0 bridgehead atoms. The Labute approximate surface area is 140 Å². The number of anilines is 1. The van der Waals surface area contributed by atoms with Gasteiger partial charge in [0.2, 0.25) is 5.95 Å². The van der Waals surface area contributed by atoms with Gasteiger partial charge in [0.25, 0.3) is 5.56 Å². The van der Waals surface area contributed by atoms with Crippen LogP contribution in [-0.2, 0) is 0 Å². The summed E-state index contributed by atoms with van der Waals surface area (Å²) in [5.74, 6) is 1.91. The van der Waals surface area contributed by atoms with Crippen LogP contribution in [0.1, 0.15) is 35.9 Å². The van der Waals surface area contributed by atoms with Crippen LogP contribution in [0.25, 0.3) is 0 Å². The fraction of sp³-hybridized carbons (Fsp3) is 0.444. The van der Waals surface area contributed by atoms with Crippen molar-refractivity contribution in [3.05, 3.63) is 51.9 Å². The average Bonchev–Trinajstić information content (AvgIpc) is 3.26. The summed E-state index contributed by atoms with van der Waals surface area (Å²) in [5.41, 5.74) is 1.96. The van der Waals surface area contributed by atoms with Crippen molar-refractivity contribution in [3.8, 4) is 5.75 Å². The molecule has 1 aromatic carbocycles. The lowest BCUT2D eigenvalue weighted by Gasteiger charge is -2.19. The maximum absolute atomic E-state index is 12.0. The number of nitrogens with one attached hydrogen (secondary N) is 3. The van der Waals surface area contributed by atoms with Gasteiger partial charge < -0.3 is 15.4 Å². The van der Waals surface area contributed by atoms with E-state index in [1.54, 1.807) is 13.2 Å². The molecule has 126 valence electrons. The van der Waals surface area contributed by atoms with Gasteiger partial charge in [-0.15, -0.1) is 0 Å². The van der Waals surface area contributed by atoms with Gasteiger partial charge in [-0.1, -0.05) is 12.1 Å². The maximum atomic E-state index is 12.0. The van der Waals surface area contributed by atoms with Crippen LogP contribution in [-0.4, -0.2) is 36.2 Å². The first-order chi connectivity index (χ1) is 11.7. The molecule has 0 radical (unpaired) electrons. The molecule has 2 aliphatic rings. The highest BCUT2D eigenvalue weighted by Crippen LogP contribution is 2.36. The molecule has 2 heterocycles. The zero-order valence-corrected chi connectivity index (χ0v) is 13.7. The number of aromatic nitrogens is 2. The number of nitrogens with zero attached hydrogens (tertiary/aromatic N) is 1. The van der Waals surface area contributed by atoms with Gasteiger partial charge in [0.15, 0.2) is 0 Å². The summed E-state index contributed by atoms with van der Waals surface area (Å²) in [6.45, 7) is 1.69. The van der Waals surface area contributed by atoms with E-state index in [0.717, 1.165) is 37.4 Å². The van der Waals surface area contributed by atoms with Gasteiger partial charge in [-0.3, -0.25) is 9.78 Å². The quantitative estimate of drug-likeness (QED) is 0.781. The van der Waals surface area contributed by atoms with Crippen LogP contribution in [0.15, 0.2) is 35.1 Å². The molecule has 6 heteroatoms. The standard InChI is InChI=1S/C18H22N4O2/c1-24-13-4-2-3-11(7-13)14-9-19-10-15(14)16-8-17(23)22-18(21-16)20-12-5-6-12/h2-4,7-8,12,14-15,19H,5-6,9-10H2,1H3,(H2,20,21,22,23)/t14-,15+/m0/s1. The Kier molecular flexibility index (Phi) is 3.98. The molecule has 1 saturated heterocycles. The summed E-state index contributed by atoms with van der Waals surface area (Å²) < 4.78 is 5.34. The van der Waals surface area contributed by atoms with Crippen molar-refractivity contribution in [2.24, 2.45) is 0 Å². The summed E-state index contributed by atoms with van der Waals surface area (Å²) in [6, 6.07) is 10.2. The van der Waals surface area contributed by atoms with Crippen LogP contribution < -0.4 is 20.9 Å². The van der Waals surface area contributed by atoms with Gasteiger partial charge in [0.1, 0.15) is 5.75 Å². The predicted molar refractivity (Wildman–Crippen MR) is 92.8 cm³/mol. The van der Waals surface area contributed by atoms with E-state index in [0.29, 0.717) is 12.0 Å².